The van der Waals surface area contributed by atoms with E-state index in [9.17, 15) is 4.79 Å². The van der Waals surface area contributed by atoms with Crippen molar-refractivity contribution in [2.75, 3.05) is 44.4 Å². The predicted molar refractivity (Wildman–Crippen MR) is 98.2 cm³/mol. The van der Waals surface area contributed by atoms with E-state index in [1.165, 1.54) is 0 Å². The Morgan fingerprint density at radius 2 is 1.92 bits per heavy atom. The van der Waals surface area contributed by atoms with E-state index in [2.05, 4.69) is 10.5 Å². The minimum atomic E-state index is -0.185. The third-order valence-corrected chi connectivity index (χ3v) is 4.37. The Hall–Kier alpha value is -2.38. The van der Waals surface area contributed by atoms with E-state index >= 15 is 0 Å². The monoisotopic (exact) mass is 359 g/mol. The van der Waals surface area contributed by atoms with Gasteiger partial charge in [0, 0.05) is 31.8 Å². The van der Waals surface area contributed by atoms with Crippen LogP contribution in [0, 0.1) is 0 Å². The Balaban J connectivity index is 1.81. The molecule has 2 aromatic rings. The molecule has 0 bridgehead atoms. The quantitative estimate of drug-likeness (QED) is 0.702. The van der Waals surface area contributed by atoms with Crippen LogP contribution in [-0.2, 0) is 4.74 Å². The van der Waals surface area contributed by atoms with Crippen LogP contribution >= 0.6 is 0 Å². The van der Waals surface area contributed by atoms with Crippen molar-refractivity contribution in [3.8, 4) is 11.3 Å². The standard InChI is InChI=1S/C19H25N3O4/c23-12-6-2-5-9-20-19(24)16-17(15-7-3-1-4-8-15)26-21-18(16)22-10-13-25-14-11-22/h1,3-4,7-8,23H,2,5-6,9-14H2,(H,20,24). The van der Waals surface area contributed by atoms with Gasteiger partial charge in [0.2, 0.25) is 0 Å². The molecule has 26 heavy (non-hydrogen) atoms. The average Bonchev–Trinajstić information content (AvgIpc) is 3.14. The fourth-order valence-corrected chi connectivity index (χ4v) is 2.97. The summed E-state index contributed by atoms with van der Waals surface area (Å²) in [5, 5.41) is 16.0. The van der Waals surface area contributed by atoms with Crippen molar-refractivity contribution in [1.29, 1.82) is 0 Å². The smallest absolute Gasteiger partial charge is 0.259 e. The molecule has 0 unspecified atom stereocenters. The van der Waals surface area contributed by atoms with E-state index in [-0.39, 0.29) is 12.5 Å². The fourth-order valence-electron chi connectivity index (χ4n) is 2.97. The van der Waals surface area contributed by atoms with Crippen molar-refractivity contribution in [1.82, 2.24) is 10.5 Å². The van der Waals surface area contributed by atoms with Crippen LogP contribution in [0.3, 0.4) is 0 Å². The molecule has 1 fully saturated rings. The number of morpholine rings is 1. The summed E-state index contributed by atoms with van der Waals surface area (Å²) >= 11 is 0. The molecule has 2 heterocycles. The molecule has 1 aliphatic heterocycles. The molecule has 7 nitrogen and oxygen atoms in total. The van der Waals surface area contributed by atoms with E-state index < -0.39 is 0 Å². The van der Waals surface area contributed by atoms with Gasteiger partial charge < -0.3 is 24.6 Å². The Morgan fingerprint density at radius 3 is 2.65 bits per heavy atom. The molecule has 2 N–H and O–H groups in total. The van der Waals surface area contributed by atoms with Gasteiger partial charge in [-0.05, 0) is 19.3 Å². The normalized spacial score (nSPS) is 14.4. The van der Waals surface area contributed by atoms with Crippen molar-refractivity contribution in [3.63, 3.8) is 0 Å². The number of aliphatic hydroxyl groups is 1. The molecule has 0 atom stereocenters. The molecule has 1 aliphatic rings. The summed E-state index contributed by atoms with van der Waals surface area (Å²) in [5.74, 6) is 0.871. The Labute approximate surface area is 152 Å². The summed E-state index contributed by atoms with van der Waals surface area (Å²) < 4.78 is 11.0. The molecule has 7 heteroatoms. The number of benzene rings is 1. The van der Waals surface area contributed by atoms with Crippen molar-refractivity contribution in [2.45, 2.75) is 19.3 Å². The number of nitrogens with zero attached hydrogens (tertiary/aromatic N) is 2. The molecule has 3 rings (SSSR count). The maximum atomic E-state index is 12.9. The third-order valence-electron chi connectivity index (χ3n) is 4.37. The van der Waals surface area contributed by atoms with Crippen LogP contribution in [0.15, 0.2) is 34.9 Å². The highest BCUT2D eigenvalue weighted by Gasteiger charge is 2.28. The number of rotatable bonds is 8. The minimum absolute atomic E-state index is 0.179. The zero-order chi connectivity index (χ0) is 18.2. The lowest BCUT2D eigenvalue weighted by Gasteiger charge is -2.26. The number of aliphatic hydroxyl groups excluding tert-OH is 1. The van der Waals surface area contributed by atoms with Crippen LogP contribution in [0.5, 0.6) is 0 Å². The third kappa shape index (κ3) is 4.42. The minimum Gasteiger partial charge on any atom is -0.396 e. The van der Waals surface area contributed by atoms with Crippen molar-refractivity contribution >= 4 is 11.7 Å². The van der Waals surface area contributed by atoms with Crippen LogP contribution in [0.1, 0.15) is 29.6 Å². The maximum Gasteiger partial charge on any atom is 0.259 e. The zero-order valence-corrected chi connectivity index (χ0v) is 14.8. The lowest BCUT2D eigenvalue weighted by molar-refractivity contribution is 0.0951. The predicted octanol–water partition coefficient (Wildman–Crippen LogP) is 2.07. The summed E-state index contributed by atoms with van der Waals surface area (Å²) in [6, 6.07) is 9.54. The average molecular weight is 359 g/mol. The topological polar surface area (TPSA) is 87.8 Å². The Morgan fingerprint density at radius 1 is 1.15 bits per heavy atom. The van der Waals surface area contributed by atoms with Gasteiger partial charge in [-0.1, -0.05) is 35.5 Å². The highest BCUT2D eigenvalue weighted by Crippen LogP contribution is 2.31. The van der Waals surface area contributed by atoms with E-state index in [4.69, 9.17) is 14.4 Å². The molecule has 1 aromatic heterocycles. The molecule has 0 radical (unpaired) electrons. The summed E-state index contributed by atoms with van der Waals surface area (Å²) in [6.07, 6.45) is 2.45. The molecule has 140 valence electrons. The molecular formula is C19H25N3O4. The van der Waals surface area contributed by atoms with Crippen molar-refractivity contribution in [3.05, 3.63) is 35.9 Å². The molecule has 0 spiro atoms. The van der Waals surface area contributed by atoms with Crippen LogP contribution in [0.2, 0.25) is 0 Å². The van der Waals surface area contributed by atoms with Gasteiger partial charge in [0.05, 0.1) is 13.2 Å². The molecular weight excluding hydrogens is 334 g/mol. The molecule has 1 amide bonds. The largest absolute Gasteiger partial charge is 0.396 e. The van der Waals surface area contributed by atoms with Crippen molar-refractivity contribution < 1.29 is 19.2 Å². The number of hydrogen-bond donors (Lipinski definition) is 2. The summed E-state index contributed by atoms with van der Waals surface area (Å²) in [5.41, 5.74) is 1.30. The second kappa shape index (κ2) is 9.35. The first-order valence-electron chi connectivity index (χ1n) is 9.08. The summed E-state index contributed by atoms with van der Waals surface area (Å²) in [7, 11) is 0. The highest BCUT2D eigenvalue weighted by atomic mass is 16.5. The van der Waals surface area contributed by atoms with Gasteiger partial charge in [0.1, 0.15) is 5.56 Å². The van der Waals surface area contributed by atoms with Gasteiger partial charge in [-0.25, -0.2) is 0 Å². The van der Waals surface area contributed by atoms with Gasteiger partial charge in [-0.3, -0.25) is 4.79 Å². The van der Waals surface area contributed by atoms with Crippen molar-refractivity contribution in [2.24, 2.45) is 0 Å². The van der Waals surface area contributed by atoms with Crippen LogP contribution in [0.4, 0.5) is 5.82 Å². The van der Waals surface area contributed by atoms with E-state index in [1.807, 2.05) is 35.2 Å². The van der Waals surface area contributed by atoms with Gasteiger partial charge in [0.15, 0.2) is 11.6 Å². The number of aromatic nitrogens is 1. The zero-order valence-electron chi connectivity index (χ0n) is 14.8. The number of nitrogens with one attached hydrogen (secondary N) is 1. The lowest BCUT2D eigenvalue weighted by Crippen LogP contribution is -2.38. The lowest BCUT2D eigenvalue weighted by atomic mass is 10.1. The van der Waals surface area contributed by atoms with Crippen LogP contribution in [-0.4, -0.2) is 55.6 Å². The van der Waals surface area contributed by atoms with Gasteiger partial charge in [0.25, 0.3) is 5.91 Å². The summed E-state index contributed by atoms with van der Waals surface area (Å²) in [4.78, 5) is 14.9. The first kappa shape index (κ1) is 18.4. The number of hydrogen-bond acceptors (Lipinski definition) is 6. The first-order chi connectivity index (χ1) is 12.8. The number of unbranched alkanes of at least 4 members (excludes halogenated alkanes) is 2. The van der Waals surface area contributed by atoms with Gasteiger partial charge in [-0.2, -0.15) is 0 Å². The van der Waals surface area contributed by atoms with E-state index in [0.29, 0.717) is 50.0 Å². The second-order valence-corrected chi connectivity index (χ2v) is 6.22. The molecule has 1 aromatic carbocycles. The number of ether oxygens (including phenoxy) is 1. The SMILES string of the molecule is O=C(NCCCCCO)c1c(N2CCOCC2)noc1-c1ccccc1. The first-order valence-corrected chi connectivity index (χ1v) is 9.08. The molecule has 0 saturated carbocycles. The maximum absolute atomic E-state index is 12.9. The van der Waals surface area contributed by atoms with Crippen LogP contribution < -0.4 is 10.2 Å². The van der Waals surface area contributed by atoms with E-state index in [0.717, 1.165) is 24.8 Å². The van der Waals surface area contributed by atoms with Crippen LogP contribution in [0.25, 0.3) is 11.3 Å². The highest BCUT2D eigenvalue weighted by molar-refractivity contribution is 6.04. The number of carbonyl (C=O) groups excluding carboxylic acids is 1. The fraction of sp³-hybridized carbons (Fsp3) is 0.474. The van der Waals surface area contributed by atoms with Gasteiger partial charge >= 0.3 is 0 Å². The Bertz CT molecular complexity index is 696. The number of anilines is 1. The summed E-state index contributed by atoms with van der Waals surface area (Å²) in [6.45, 7) is 3.31. The van der Waals surface area contributed by atoms with E-state index in [1.54, 1.807) is 0 Å². The number of amides is 1. The second-order valence-electron chi connectivity index (χ2n) is 6.22. The Kier molecular flexibility index (Phi) is 6.62. The van der Waals surface area contributed by atoms with Gasteiger partial charge in [-0.15, -0.1) is 0 Å². The molecule has 0 aliphatic carbocycles. The molecule has 1 saturated heterocycles. The number of carbonyl (C=O) groups is 1.